The monoisotopic (exact) mass is 546 g/mol. The van der Waals surface area contributed by atoms with E-state index in [1.165, 1.54) is 0 Å². The predicted octanol–water partition coefficient (Wildman–Crippen LogP) is 5.20. The summed E-state index contributed by atoms with van der Waals surface area (Å²) in [7, 11) is 5.73. The summed E-state index contributed by atoms with van der Waals surface area (Å²) in [5, 5.41) is 15.9. The number of carboxylic acids is 1. The maximum Gasteiger partial charge on any atom is 0.307 e. The van der Waals surface area contributed by atoms with Gasteiger partial charge in [-0.2, -0.15) is 0 Å². The normalized spacial score (nSPS) is 13.6. The molecule has 0 saturated heterocycles. The van der Waals surface area contributed by atoms with Gasteiger partial charge in [-0.25, -0.2) is 0 Å². The first-order valence-corrected chi connectivity index (χ1v) is 12.9. The first-order chi connectivity index (χ1) is 18.6. The molecule has 0 aromatic heterocycles. The van der Waals surface area contributed by atoms with Crippen molar-refractivity contribution in [2.24, 2.45) is 0 Å². The van der Waals surface area contributed by atoms with E-state index < -0.39 is 5.97 Å². The zero-order valence-electron chi connectivity index (χ0n) is 22.1. The van der Waals surface area contributed by atoms with Crippen LogP contribution in [0.1, 0.15) is 29.5 Å². The van der Waals surface area contributed by atoms with E-state index in [2.05, 4.69) is 15.5 Å². The Hall–Kier alpha value is -4.14. The van der Waals surface area contributed by atoms with Gasteiger partial charge in [0.1, 0.15) is 0 Å². The molecule has 0 unspecified atom stereocenters. The highest BCUT2D eigenvalue weighted by atomic mass is 35.5. The van der Waals surface area contributed by atoms with Gasteiger partial charge in [0.05, 0.1) is 23.4 Å². The number of fused-ring (bicyclic) bond motifs is 1. The molecule has 0 bridgehead atoms. The van der Waals surface area contributed by atoms with Gasteiger partial charge in [0.15, 0.2) is 0 Å². The number of benzene rings is 3. The number of carbonyl (C=O) groups excluding carboxylic acids is 2. The van der Waals surface area contributed by atoms with Gasteiger partial charge in [0.2, 0.25) is 5.91 Å². The maximum absolute atomic E-state index is 13.1. The van der Waals surface area contributed by atoms with Crippen molar-refractivity contribution < 1.29 is 19.5 Å². The van der Waals surface area contributed by atoms with Crippen molar-refractivity contribution in [3.63, 3.8) is 0 Å². The Kier molecular flexibility index (Phi) is 8.69. The van der Waals surface area contributed by atoms with Crippen LogP contribution in [0.4, 0.5) is 17.1 Å². The van der Waals surface area contributed by atoms with E-state index in [0.717, 1.165) is 24.3 Å². The quantitative estimate of drug-likeness (QED) is 0.302. The Bertz CT molecular complexity index is 1420. The van der Waals surface area contributed by atoms with Crippen LogP contribution in [-0.2, 0) is 20.8 Å². The summed E-state index contributed by atoms with van der Waals surface area (Å²) in [5.74, 6) is -1.15. The zero-order chi connectivity index (χ0) is 28.1. The van der Waals surface area contributed by atoms with Crippen molar-refractivity contribution in [3.05, 3.63) is 88.4 Å². The summed E-state index contributed by atoms with van der Waals surface area (Å²) in [6.45, 7) is 0.847. The molecular weight excluding hydrogens is 516 g/mol. The summed E-state index contributed by atoms with van der Waals surface area (Å²) in [6.07, 6.45) is 1.15. The molecule has 8 nitrogen and oxygen atoms in total. The van der Waals surface area contributed by atoms with Crippen LogP contribution in [0.3, 0.4) is 0 Å². The fourth-order valence-corrected chi connectivity index (χ4v) is 4.58. The predicted molar refractivity (Wildman–Crippen MR) is 156 cm³/mol. The molecule has 202 valence electrons. The lowest BCUT2D eigenvalue weighted by Crippen LogP contribution is -2.27. The van der Waals surface area contributed by atoms with E-state index in [4.69, 9.17) is 16.7 Å². The third-order valence-corrected chi connectivity index (χ3v) is 6.70. The van der Waals surface area contributed by atoms with Gasteiger partial charge in [0.25, 0.3) is 5.91 Å². The van der Waals surface area contributed by atoms with Gasteiger partial charge >= 0.3 is 5.97 Å². The number of aliphatic carboxylic acids is 1. The average molecular weight is 547 g/mol. The number of nitrogens with zero attached hydrogens (tertiary/aromatic N) is 2. The Balaban J connectivity index is 1.64. The van der Waals surface area contributed by atoms with Crippen LogP contribution in [-0.4, -0.2) is 55.5 Å². The van der Waals surface area contributed by atoms with E-state index in [9.17, 15) is 14.4 Å². The van der Waals surface area contributed by atoms with Crippen LogP contribution in [0.15, 0.2) is 66.7 Å². The van der Waals surface area contributed by atoms with E-state index in [-0.39, 0.29) is 18.2 Å². The number of hydrogen-bond donors (Lipinski definition) is 3. The number of nitrogens with one attached hydrogen (secondary N) is 2. The Morgan fingerprint density at radius 2 is 1.67 bits per heavy atom. The van der Waals surface area contributed by atoms with Crippen LogP contribution in [0.5, 0.6) is 0 Å². The molecule has 1 aliphatic rings. The van der Waals surface area contributed by atoms with Crippen LogP contribution in [0, 0.1) is 0 Å². The number of amides is 2. The van der Waals surface area contributed by atoms with Crippen LogP contribution < -0.4 is 15.5 Å². The van der Waals surface area contributed by atoms with E-state index >= 15 is 0 Å². The number of halogens is 1. The molecule has 0 atom stereocenters. The number of hydrogen-bond acceptors (Lipinski definition) is 5. The minimum Gasteiger partial charge on any atom is -0.481 e. The van der Waals surface area contributed by atoms with Crippen molar-refractivity contribution in [2.75, 3.05) is 43.2 Å². The molecule has 3 aromatic carbocycles. The fourth-order valence-electron chi connectivity index (χ4n) is 4.41. The van der Waals surface area contributed by atoms with Gasteiger partial charge in [-0.05, 0) is 74.6 Å². The minimum absolute atomic E-state index is 0.0414. The van der Waals surface area contributed by atoms with Gasteiger partial charge in [-0.15, -0.1) is 0 Å². The first-order valence-electron chi connectivity index (χ1n) is 12.6. The highest BCUT2D eigenvalue weighted by Crippen LogP contribution is 2.39. The molecule has 0 aliphatic carbocycles. The molecular formula is C30H31ClN4O4. The van der Waals surface area contributed by atoms with Gasteiger partial charge in [-0.3, -0.25) is 14.4 Å². The lowest BCUT2D eigenvalue weighted by molar-refractivity contribution is -0.136. The van der Waals surface area contributed by atoms with Crippen molar-refractivity contribution >= 4 is 57.7 Å². The fraction of sp³-hybridized carbons (Fsp3) is 0.233. The summed E-state index contributed by atoms with van der Waals surface area (Å²) >= 11 is 6.15. The molecule has 39 heavy (non-hydrogen) atoms. The summed E-state index contributed by atoms with van der Waals surface area (Å²) in [5.41, 5.74) is 5.20. The maximum atomic E-state index is 13.1. The molecule has 0 spiro atoms. The molecule has 0 radical (unpaired) electrons. The molecule has 1 heterocycles. The van der Waals surface area contributed by atoms with E-state index in [1.54, 1.807) is 54.4 Å². The van der Waals surface area contributed by atoms with Gasteiger partial charge in [0, 0.05) is 35.4 Å². The van der Waals surface area contributed by atoms with Crippen molar-refractivity contribution in [1.82, 2.24) is 4.90 Å². The van der Waals surface area contributed by atoms with Crippen LogP contribution in [0.2, 0.25) is 5.02 Å². The topological polar surface area (TPSA) is 102 Å². The SMILES string of the molecule is CN(C)CCCC(=O)N(C)c1ccc(NC(=C2C(=O)Nc3cc(Cl)ccc32)c2ccc(CC(=O)O)cc2)cc1. The molecule has 2 amide bonds. The molecule has 3 N–H and O–H groups in total. The molecule has 4 rings (SSSR count). The van der Waals surface area contributed by atoms with Crippen molar-refractivity contribution in [1.29, 1.82) is 0 Å². The average Bonchev–Trinajstić information content (AvgIpc) is 3.21. The Labute approximate surface area is 232 Å². The summed E-state index contributed by atoms with van der Waals surface area (Å²) in [4.78, 5) is 40.6. The number of rotatable bonds is 10. The Morgan fingerprint density at radius 3 is 2.31 bits per heavy atom. The summed E-state index contributed by atoms with van der Waals surface area (Å²) < 4.78 is 0. The molecule has 0 saturated carbocycles. The Morgan fingerprint density at radius 1 is 0.974 bits per heavy atom. The van der Waals surface area contributed by atoms with Gasteiger partial charge < -0.3 is 25.5 Å². The number of carboxylic acid groups (broad SMARTS) is 1. The molecule has 1 aliphatic heterocycles. The highest BCUT2D eigenvalue weighted by Gasteiger charge is 2.28. The lowest BCUT2D eigenvalue weighted by Gasteiger charge is -2.19. The highest BCUT2D eigenvalue weighted by molar-refractivity contribution is 6.38. The molecule has 3 aromatic rings. The number of carbonyl (C=O) groups is 3. The summed E-state index contributed by atoms with van der Waals surface area (Å²) in [6, 6.07) is 19.7. The minimum atomic E-state index is -0.915. The van der Waals surface area contributed by atoms with E-state index in [0.29, 0.717) is 45.1 Å². The smallest absolute Gasteiger partial charge is 0.307 e. The second-order valence-corrected chi connectivity index (χ2v) is 10.1. The second-order valence-electron chi connectivity index (χ2n) is 9.69. The first kappa shape index (κ1) is 27.9. The largest absolute Gasteiger partial charge is 0.481 e. The second kappa shape index (κ2) is 12.1. The van der Waals surface area contributed by atoms with Gasteiger partial charge in [-0.1, -0.05) is 41.9 Å². The zero-order valence-corrected chi connectivity index (χ0v) is 22.9. The standard InChI is InChI=1S/C30H31ClN4O4/c1-34(2)16-4-5-26(36)35(3)23-13-11-22(12-14-23)32-29(20-8-6-19(7-9-20)17-27(37)38)28-24-15-10-21(31)18-25(24)33-30(28)39/h6-15,18,32H,4-5,16-17H2,1-3H3,(H,33,39)(H,37,38). The van der Waals surface area contributed by atoms with Crippen molar-refractivity contribution in [2.45, 2.75) is 19.3 Å². The molecule has 0 fully saturated rings. The third kappa shape index (κ3) is 6.85. The van der Waals surface area contributed by atoms with E-state index in [1.807, 2.05) is 38.4 Å². The van der Waals surface area contributed by atoms with Crippen LogP contribution in [0.25, 0.3) is 11.3 Å². The third-order valence-electron chi connectivity index (χ3n) is 6.47. The van der Waals surface area contributed by atoms with Crippen LogP contribution >= 0.6 is 11.6 Å². The number of anilines is 3. The molecule has 9 heteroatoms. The lowest BCUT2D eigenvalue weighted by atomic mass is 9.98. The van der Waals surface area contributed by atoms with Crippen molar-refractivity contribution in [3.8, 4) is 0 Å².